The van der Waals surface area contributed by atoms with Gasteiger partial charge in [0.05, 0.1) is 16.9 Å². The van der Waals surface area contributed by atoms with Gasteiger partial charge in [-0.25, -0.2) is 0 Å². The van der Waals surface area contributed by atoms with Crippen molar-refractivity contribution in [3.63, 3.8) is 0 Å². The zero-order valence-electron chi connectivity index (χ0n) is 11.3. The van der Waals surface area contributed by atoms with Gasteiger partial charge in [0.25, 0.3) is 0 Å². The van der Waals surface area contributed by atoms with Crippen LogP contribution in [-0.4, -0.2) is 13.1 Å². The van der Waals surface area contributed by atoms with E-state index in [1.54, 1.807) is 6.07 Å². The lowest BCUT2D eigenvalue weighted by molar-refractivity contribution is 0.202. The van der Waals surface area contributed by atoms with Gasteiger partial charge in [0.15, 0.2) is 0 Å². The summed E-state index contributed by atoms with van der Waals surface area (Å²) in [5.74, 6) is 1.75. The molecule has 2 fully saturated rings. The molecule has 1 saturated carbocycles. The third kappa shape index (κ3) is 2.28. The fourth-order valence-electron chi connectivity index (χ4n) is 3.75. The van der Waals surface area contributed by atoms with Crippen LogP contribution in [0.1, 0.15) is 37.7 Å². The van der Waals surface area contributed by atoms with E-state index in [0.717, 1.165) is 30.6 Å². The van der Waals surface area contributed by atoms with E-state index in [1.165, 1.54) is 32.1 Å². The molecule has 0 bridgehead atoms. The number of hydrogen-bond acceptors (Lipinski definition) is 3. The maximum Gasteiger partial charge on any atom is 0.101 e. The molecule has 0 amide bonds. The van der Waals surface area contributed by atoms with Crippen molar-refractivity contribution < 1.29 is 0 Å². The van der Waals surface area contributed by atoms with Gasteiger partial charge in [-0.05, 0) is 36.8 Å². The van der Waals surface area contributed by atoms with Crippen LogP contribution in [0.25, 0.3) is 0 Å². The van der Waals surface area contributed by atoms with Crippen molar-refractivity contribution in [2.75, 3.05) is 23.7 Å². The molecule has 1 aromatic carbocycles. The van der Waals surface area contributed by atoms with Crippen molar-refractivity contribution >= 4 is 11.4 Å². The fourth-order valence-corrected chi connectivity index (χ4v) is 3.75. The molecule has 0 spiro atoms. The van der Waals surface area contributed by atoms with Crippen LogP contribution in [0.2, 0.25) is 0 Å². The predicted octanol–water partition coefficient (Wildman–Crippen LogP) is 3.16. The second-order valence-corrected chi connectivity index (χ2v) is 5.89. The van der Waals surface area contributed by atoms with Crippen LogP contribution < -0.4 is 10.6 Å². The summed E-state index contributed by atoms with van der Waals surface area (Å²) in [5, 5.41) is 9.08. The van der Waals surface area contributed by atoms with Crippen LogP contribution in [0.4, 0.5) is 11.4 Å². The summed E-state index contributed by atoms with van der Waals surface area (Å²) in [5.41, 5.74) is 8.44. The third-order valence-electron chi connectivity index (χ3n) is 4.84. The minimum absolute atomic E-state index is 0.600. The van der Waals surface area contributed by atoms with Crippen molar-refractivity contribution in [1.29, 1.82) is 5.26 Å². The summed E-state index contributed by atoms with van der Waals surface area (Å²) < 4.78 is 0. The first-order chi connectivity index (χ1) is 9.29. The molecule has 2 atom stereocenters. The number of piperidine rings is 1. The quantitative estimate of drug-likeness (QED) is 0.784. The zero-order valence-corrected chi connectivity index (χ0v) is 11.3. The number of rotatable bonds is 1. The SMILES string of the molecule is N#Cc1cccc(N2CCC3CCCCC3C2)c1N. The van der Waals surface area contributed by atoms with E-state index in [-0.39, 0.29) is 0 Å². The van der Waals surface area contributed by atoms with Crippen LogP contribution >= 0.6 is 0 Å². The highest BCUT2D eigenvalue weighted by Crippen LogP contribution is 2.39. The van der Waals surface area contributed by atoms with Gasteiger partial charge in [0, 0.05) is 13.1 Å². The van der Waals surface area contributed by atoms with E-state index in [9.17, 15) is 0 Å². The largest absolute Gasteiger partial charge is 0.396 e. The lowest BCUT2D eigenvalue weighted by atomic mass is 9.75. The minimum atomic E-state index is 0.600. The summed E-state index contributed by atoms with van der Waals surface area (Å²) >= 11 is 0. The fraction of sp³-hybridized carbons (Fsp3) is 0.562. The Morgan fingerprint density at radius 3 is 2.74 bits per heavy atom. The first-order valence-electron chi connectivity index (χ1n) is 7.33. The van der Waals surface area contributed by atoms with Gasteiger partial charge in [-0.2, -0.15) is 5.26 Å². The Bertz CT molecular complexity index is 503. The van der Waals surface area contributed by atoms with Gasteiger partial charge in [0.2, 0.25) is 0 Å². The van der Waals surface area contributed by atoms with Gasteiger partial charge >= 0.3 is 0 Å². The number of nitrogens with two attached hydrogens (primary N) is 1. The molecule has 1 saturated heterocycles. The topological polar surface area (TPSA) is 53.0 Å². The predicted molar refractivity (Wildman–Crippen MR) is 77.8 cm³/mol. The Morgan fingerprint density at radius 1 is 1.16 bits per heavy atom. The molecule has 2 aliphatic rings. The molecule has 3 heteroatoms. The summed E-state index contributed by atoms with van der Waals surface area (Å²) in [4.78, 5) is 2.39. The number of benzene rings is 1. The number of fused-ring (bicyclic) bond motifs is 1. The van der Waals surface area contributed by atoms with Crippen molar-refractivity contribution in [2.24, 2.45) is 11.8 Å². The van der Waals surface area contributed by atoms with Crippen LogP contribution in [-0.2, 0) is 0 Å². The highest BCUT2D eigenvalue weighted by Gasteiger charge is 2.31. The highest BCUT2D eigenvalue weighted by atomic mass is 15.1. The molecule has 1 aliphatic carbocycles. The molecule has 3 rings (SSSR count). The number of hydrogen-bond donors (Lipinski definition) is 1. The van der Waals surface area contributed by atoms with Crippen molar-refractivity contribution in [3.05, 3.63) is 23.8 Å². The monoisotopic (exact) mass is 255 g/mol. The maximum absolute atomic E-state index is 9.08. The zero-order chi connectivity index (χ0) is 13.2. The van der Waals surface area contributed by atoms with Gasteiger partial charge in [-0.1, -0.05) is 25.3 Å². The average molecular weight is 255 g/mol. The van der Waals surface area contributed by atoms with E-state index >= 15 is 0 Å². The summed E-state index contributed by atoms with van der Waals surface area (Å²) in [6.07, 6.45) is 6.84. The van der Waals surface area contributed by atoms with Crippen LogP contribution in [0.3, 0.4) is 0 Å². The Hall–Kier alpha value is -1.69. The Balaban J connectivity index is 1.82. The molecule has 0 radical (unpaired) electrons. The lowest BCUT2D eigenvalue weighted by Crippen LogP contribution is -2.42. The number of nitriles is 1. The van der Waals surface area contributed by atoms with E-state index < -0.39 is 0 Å². The molecule has 1 heterocycles. The normalized spacial score (nSPS) is 26.6. The smallest absolute Gasteiger partial charge is 0.101 e. The van der Waals surface area contributed by atoms with E-state index in [4.69, 9.17) is 11.0 Å². The van der Waals surface area contributed by atoms with Crippen molar-refractivity contribution in [3.8, 4) is 6.07 Å². The summed E-state index contributed by atoms with van der Waals surface area (Å²) in [6, 6.07) is 7.97. The van der Waals surface area contributed by atoms with E-state index in [2.05, 4.69) is 17.0 Å². The van der Waals surface area contributed by atoms with Crippen LogP contribution in [0, 0.1) is 23.2 Å². The van der Waals surface area contributed by atoms with Crippen LogP contribution in [0.5, 0.6) is 0 Å². The number of anilines is 2. The number of nitrogens with zero attached hydrogens (tertiary/aromatic N) is 2. The molecule has 0 aromatic heterocycles. The Kier molecular flexibility index (Phi) is 3.33. The molecular weight excluding hydrogens is 234 g/mol. The first kappa shape index (κ1) is 12.3. The second-order valence-electron chi connectivity index (χ2n) is 5.89. The molecule has 2 unspecified atom stereocenters. The van der Waals surface area contributed by atoms with Gasteiger partial charge < -0.3 is 10.6 Å². The molecular formula is C16H21N3. The van der Waals surface area contributed by atoms with Gasteiger partial charge in [-0.3, -0.25) is 0 Å². The second kappa shape index (κ2) is 5.13. The molecule has 1 aromatic rings. The molecule has 19 heavy (non-hydrogen) atoms. The summed E-state index contributed by atoms with van der Waals surface area (Å²) in [7, 11) is 0. The lowest BCUT2D eigenvalue weighted by Gasteiger charge is -2.42. The first-order valence-corrected chi connectivity index (χ1v) is 7.33. The highest BCUT2D eigenvalue weighted by molar-refractivity contribution is 5.74. The molecule has 1 aliphatic heterocycles. The Labute approximate surface area is 115 Å². The van der Waals surface area contributed by atoms with E-state index in [1.807, 2.05) is 6.07 Å². The van der Waals surface area contributed by atoms with E-state index in [0.29, 0.717) is 11.3 Å². The van der Waals surface area contributed by atoms with Crippen molar-refractivity contribution in [1.82, 2.24) is 0 Å². The third-order valence-corrected chi connectivity index (χ3v) is 4.84. The maximum atomic E-state index is 9.08. The standard InChI is InChI=1S/C16H21N3/c17-10-13-6-3-7-15(16(13)18)19-9-8-12-4-1-2-5-14(12)11-19/h3,6-7,12,14H,1-2,4-5,8-9,11,18H2. The number of para-hydroxylation sites is 1. The molecule has 2 N–H and O–H groups in total. The molecule has 100 valence electrons. The number of nitrogen functional groups attached to an aromatic ring is 1. The van der Waals surface area contributed by atoms with Crippen LogP contribution in [0.15, 0.2) is 18.2 Å². The van der Waals surface area contributed by atoms with Crippen molar-refractivity contribution in [2.45, 2.75) is 32.1 Å². The minimum Gasteiger partial charge on any atom is -0.396 e. The van der Waals surface area contributed by atoms with Gasteiger partial charge in [-0.15, -0.1) is 0 Å². The molecule has 3 nitrogen and oxygen atoms in total. The average Bonchev–Trinajstić information content (AvgIpc) is 2.47. The van der Waals surface area contributed by atoms with Gasteiger partial charge in [0.1, 0.15) is 6.07 Å². The summed E-state index contributed by atoms with van der Waals surface area (Å²) in [6.45, 7) is 2.20. The Morgan fingerprint density at radius 2 is 1.95 bits per heavy atom.